The summed E-state index contributed by atoms with van der Waals surface area (Å²) in [6, 6.07) is 24.8. The van der Waals surface area contributed by atoms with Gasteiger partial charge in [-0.15, -0.1) is 0 Å². The molecule has 0 aliphatic carbocycles. The highest BCUT2D eigenvalue weighted by Gasteiger charge is 2.36. The molecule has 0 saturated carbocycles. The quantitative estimate of drug-likeness (QED) is 0.273. The summed E-state index contributed by atoms with van der Waals surface area (Å²) in [4.78, 5) is 0. The van der Waals surface area contributed by atoms with Crippen molar-refractivity contribution < 1.29 is 0 Å². The first-order valence-electron chi connectivity index (χ1n) is 7.68. The van der Waals surface area contributed by atoms with Crippen LogP contribution in [-0.4, -0.2) is 21.3 Å². The minimum absolute atomic E-state index is 0.436. The Morgan fingerprint density at radius 1 is 0.524 bits per heavy atom. The molecule has 0 saturated heterocycles. The molecular formula is C18H13B3. The molecule has 2 heterocycles. The smallest absolute Gasteiger partial charge is 0.0836 e. The molecule has 5 rings (SSSR count). The summed E-state index contributed by atoms with van der Waals surface area (Å²) < 4.78 is 0. The van der Waals surface area contributed by atoms with Gasteiger partial charge in [-0.1, -0.05) is 105 Å². The highest BCUT2D eigenvalue weighted by atomic mass is 14.1. The minimum atomic E-state index is 0.436. The van der Waals surface area contributed by atoms with E-state index in [1.807, 2.05) is 0 Å². The summed E-state index contributed by atoms with van der Waals surface area (Å²) in [6.07, 6.45) is 0. The average Bonchev–Trinajstić information content (AvgIpc) is 2.54. The Labute approximate surface area is 126 Å². The van der Waals surface area contributed by atoms with Crippen LogP contribution in [0.2, 0.25) is 0 Å². The predicted octanol–water partition coefficient (Wildman–Crippen LogP) is -2.40. The van der Waals surface area contributed by atoms with Gasteiger partial charge in [0.1, 0.15) is 0 Å². The van der Waals surface area contributed by atoms with E-state index in [4.69, 9.17) is 0 Å². The molecule has 0 fully saturated rings. The van der Waals surface area contributed by atoms with Gasteiger partial charge in [-0.2, -0.15) is 0 Å². The van der Waals surface area contributed by atoms with E-state index in [2.05, 4.69) is 66.7 Å². The van der Waals surface area contributed by atoms with Crippen molar-refractivity contribution in [1.82, 2.24) is 0 Å². The van der Waals surface area contributed by atoms with Crippen molar-refractivity contribution in [2.75, 3.05) is 0 Å². The van der Waals surface area contributed by atoms with E-state index < -0.39 is 0 Å². The van der Waals surface area contributed by atoms with Gasteiger partial charge in [0.05, 0.1) is 0 Å². The molecule has 0 N–H and O–H groups in total. The molecule has 0 unspecified atom stereocenters. The Balaban J connectivity index is 1.88. The van der Waals surface area contributed by atoms with Gasteiger partial charge in [0.15, 0.2) is 14.6 Å². The molecule has 0 spiro atoms. The van der Waals surface area contributed by atoms with Crippen molar-refractivity contribution in [1.29, 1.82) is 0 Å². The van der Waals surface area contributed by atoms with E-state index in [1.165, 1.54) is 32.8 Å². The van der Waals surface area contributed by atoms with E-state index in [9.17, 15) is 0 Å². The average molecular weight is 262 g/mol. The van der Waals surface area contributed by atoms with Crippen LogP contribution in [-0.2, 0) is 0 Å². The largest absolute Gasteiger partial charge is 0.238 e. The van der Waals surface area contributed by atoms with E-state index in [0.29, 0.717) is 6.71 Å². The summed E-state index contributed by atoms with van der Waals surface area (Å²) in [5.41, 5.74) is 10.6. The molecule has 0 amide bonds. The maximum absolute atomic E-state index is 2.32. The first-order chi connectivity index (χ1) is 10.4. The maximum Gasteiger partial charge on any atom is 0.238 e. The molecule has 21 heavy (non-hydrogen) atoms. The SMILES string of the molecule is B1c2ccccc2B2c3ccccc3Bc3cccc1c32. The number of benzene rings is 3. The molecule has 0 aromatic heterocycles. The van der Waals surface area contributed by atoms with Crippen molar-refractivity contribution in [3.8, 4) is 0 Å². The third kappa shape index (κ3) is 1.55. The van der Waals surface area contributed by atoms with Crippen molar-refractivity contribution in [3.05, 3.63) is 66.7 Å². The standard InChI is InChI=1S/C18H13B3/c1-3-10-16-12(6-1)19-14-8-5-9-15-18(14)21(16)17-11-4-2-7-13(17)20-15/h1-11,19-20H. The molecule has 0 nitrogen and oxygen atoms in total. The first-order valence-corrected chi connectivity index (χ1v) is 7.68. The lowest BCUT2D eigenvalue weighted by atomic mass is 9.22. The molecule has 3 heteroatoms. The van der Waals surface area contributed by atoms with Gasteiger partial charge in [-0.05, 0) is 0 Å². The zero-order valence-corrected chi connectivity index (χ0v) is 11.8. The van der Waals surface area contributed by atoms with E-state index in [1.54, 1.807) is 5.46 Å². The van der Waals surface area contributed by atoms with Gasteiger partial charge < -0.3 is 0 Å². The Morgan fingerprint density at radius 2 is 1.00 bits per heavy atom. The molecule has 3 aromatic rings. The Bertz CT molecular complexity index is 802. The third-order valence-electron chi connectivity index (χ3n) is 5.07. The third-order valence-corrected chi connectivity index (χ3v) is 5.07. The molecule has 2 aliphatic heterocycles. The van der Waals surface area contributed by atoms with E-state index >= 15 is 0 Å². The second-order valence-electron chi connectivity index (χ2n) is 6.17. The van der Waals surface area contributed by atoms with Crippen LogP contribution < -0.4 is 38.2 Å². The van der Waals surface area contributed by atoms with Crippen molar-refractivity contribution >= 4 is 59.5 Å². The maximum atomic E-state index is 2.32. The lowest BCUT2D eigenvalue weighted by Gasteiger charge is -2.33. The lowest BCUT2D eigenvalue weighted by Crippen LogP contribution is -2.77. The van der Waals surface area contributed by atoms with E-state index in [-0.39, 0.29) is 0 Å². The fraction of sp³-hybridized carbons (Fsp3) is 0. The van der Waals surface area contributed by atoms with Crippen molar-refractivity contribution in [2.24, 2.45) is 0 Å². The highest BCUT2D eigenvalue weighted by molar-refractivity contribution is 7.09. The molecule has 0 bridgehead atoms. The van der Waals surface area contributed by atoms with Crippen LogP contribution in [0.15, 0.2) is 66.7 Å². The van der Waals surface area contributed by atoms with Crippen LogP contribution in [0.3, 0.4) is 0 Å². The van der Waals surface area contributed by atoms with Gasteiger partial charge in [0.25, 0.3) is 0 Å². The second-order valence-corrected chi connectivity index (χ2v) is 6.17. The van der Waals surface area contributed by atoms with Gasteiger partial charge >= 0.3 is 0 Å². The fourth-order valence-corrected chi connectivity index (χ4v) is 4.19. The Morgan fingerprint density at radius 3 is 1.57 bits per heavy atom. The second kappa shape index (κ2) is 4.18. The Hall–Kier alpha value is -2.15. The first kappa shape index (κ1) is 11.5. The number of hydrogen-bond acceptors (Lipinski definition) is 0. The lowest BCUT2D eigenvalue weighted by molar-refractivity contribution is 1.75. The summed E-state index contributed by atoms with van der Waals surface area (Å²) in [7, 11) is 2.16. The number of rotatable bonds is 0. The summed E-state index contributed by atoms with van der Waals surface area (Å²) in [6.45, 7) is 0.436. The summed E-state index contributed by atoms with van der Waals surface area (Å²) >= 11 is 0. The summed E-state index contributed by atoms with van der Waals surface area (Å²) in [5.74, 6) is 0. The van der Waals surface area contributed by atoms with Crippen LogP contribution in [0.4, 0.5) is 0 Å². The normalized spacial score (nSPS) is 13.4. The fourth-order valence-electron chi connectivity index (χ4n) is 4.19. The molecule has 2 aliphatic rings. The van der Waals surface area contributed by atoms with Gasteiger partial charge in [-0.3, -0.25) is 0 Å². The van der Waals surface area contributed by atoms with Crippen molar-refractivity contribution in [2.45, 2.75) is 0 Å². The monoisotopic (exact) mass is 262 g/mol. The molecule has 0 atom stereocenters. The zero-order valence-electron chi connectivity index (χ0n) is 11.8. The topological polar surface area (TPSA) is 0 Å². The van der Waals surface area contributed by atoms with Crippen LogP contribution in [0.25, 0.3) is 0 Å². The highest BCUT2D eigenvalue weighted by Crippen LogP contribution is 1.98. The van der Waals surface area contributed by atoms with Crippen LogP contribution >= 0.6 is 0 Å². The molecule has 3 aromatic carbocycles. The molecule has 94 valence electrons. The van der Waals surface area contributed by atoms with Gasteiger partial charge in [-0.25, -0.2) is 0 Å². The van der Waals surface area contributed by atoms with Crippen LogP contribution in [0, 0.1) is 0 Å². The molecule has 0 radical (unpaired) electrons. The van der Waals surface area contributed by atoms with E-state index in [0.717, 1.165) is 14.6 Å². The minimum Gasteiger partial charge on any atom is -0.0836 e. The Kier molecular flexibility index (Phi) is 2.29. The predicted molar refractivity (Wildman–Crippen MR) is 96.8 cm³/mol. The van der Waals surface area contributed by atoms with Crippen LogP contribution in [0.5, 0.6) is 0 Å². The number of hydrogen-bond donors (Lipinski definition) is 0. The van der Waals surface area contributed by atoms with Crippen molar-refractivity contribution in [3.63, 3.8) is 0 Å². The summed E-state index contributed by atoms with van der Waals surface area (Å²) in [5, 5.41) is 0. The zero-order chi connectivity index (χ0) is 13.8. The molecular weight excluding hydrogens is 249 g/mol. The van der Waals surface area contributed by atoms with Gasteiger partial charge in [0.2, 0.25) is 6.71 Å². The van der Waals surface area contributed by atoms with Gasteiger partial charge in [0, 0.05) is 0 Å². The van der Waals surface area contributed by atoms with Crippen LogP contribution in [0.1, 0.15) is 0 Å². The number of fused-ring (bicyclic) bond motifs is 4.